The number of nitrogens with one attached hydrogen (secondary N) is 1. The molecule has 3 rings (SSSR count). The Hall–Kier alpha value is -2.83. The van der Waals surface area contributed by atoms with Crippen LogP contribution in [-0.4, -0.2) is 57.7 Å². The van der Waals surface area contributed by atoms with Crippen molar-refractivity contribution in [2.75, 3.05) is 31.5 Å². The van der Waals surface area contributed by atoms with E-state index in [-0.39, 0.29) is 18.0 Å². The van der Waals surface area contributed by atoms with E-state index in [9.17, 15) is 9.59 Å². The quantitative estimate of drug-likeness (QED) is 0.930. The molecule has 0 saturated carbocycles. The lowest BCUT2D eigenvalue weighted by molar-refractivity contribution is -0.136. The molecule has 1 N–H and O–H groups in total. The third-order valence-electron chi connectivity index (χ3n) is 4.46. The first kappa shape index (κ1) is 17.0. The minimum absolute atomic E-state index is 0.0299. The van der Waals surface area contributed by atoms with Gasteiger partial charge >= 0.3 is 6.03 Å². The molecule has 1 atom stereocenters. The van der Waals surface area contributed by atoms with E-state index < -0.39 is 0 Å². The number of nitrogens with zero attached hydrogens (tertiary/aromatic N) is 4. The van der Waals surface area contributed by atoms with Gasteiger partial charge in [-0.2, -0.15) is 5.10 Å². The number of benzene rings is 1. The number of anilines is 1. The molecule has 0 aliphatic carbocycles. The number of amides is 3. The molecule has 0 unspecified atom stereocenters. The second kappa shape index (κ2) is 7.38. The Bertz CT molecular complexity index is 718. The number of carbonyl (C=O) groups excluding carboxylic acids is 2. The molecule has 1 aromatic carbocycles. The Kier molecular flexibility index (Phi) is 5.02. The fraction of sp³-hybridized carbons (Fsp3) is 0.389. The van der Waals surface area contributed by atoms with Gasteiger partial charge in [-0.15, -0.1) is 0 Å². The summed E-state index contributed by atoms with van der Waals surface area (Å²) in [6.07, 6.45) is 3.45. The van der Waals surface area contributed by atoms with E-state index in [0.29, 0.717) is 26.2 Å². The third-order valence-corrected chi connectivity index (χ3v) is 4.46. The maximum Gasteiger partial charge on any atom is 0.321 e. The second-order valence-corrected chi connectivity index (χ2v) is 6.27. The Morgan fingerprint density at radius 3 is 2.32 bits per heavy atom. The molecule has 7 nitrogen and oxygen atoms in total. The molecule has 132 valence electrons. The molecule has 3 amide bonds. The number of aromatic nitrogens is 2. The van der Waals surface area contributed by atoms with E-state index in [1.807, 2.05) is 38.1 Å². The van der Waals surface area contributed by atoms with Gasteiger partial charge in [0.15, 0.2) is 0 Å². The van der Waals surface area contributed by atoms with Crippen molar-refractivity contribution in [1.29, 1.82) is 0 Å². The van der Waals surface area contributed by atoms with Gasteiger partial charge in [0.05, 0.1) is 0 Å². The van der Waals surface area contributed by atoms with Crippen LogP contribution in [0.25, 0.3) is 0 Å². The van der Waals surface area contributed by atoms with Gasteiger partial charge in [0.2, 0.25) is 5.91 Å². The first-order chi connectivity index (χ1) is 12.0. The van der Waals surface area contributed by atoms with Crippen molar-refractivity contribution in [1.82, 2.24) is 19.6 Å². The molecule has 0 bridgehead atoms. The van der Waals surface area contributed by atoms with Crippen LogP contribution in [0.3, 0.4) is 0 Å². The molecule has 2 heterocycles. The molecule has 0 spiro atoms. The molecular formula is C18H23N5O2. The SMILES string of the molecule is Cc1ccc(NC(=O)N2CCN(C(=O)[C@@H](C)n3cccn3)CC2)cc1. The molecule has 1 aliphatic heterocycles. The summed E-state index contributed by atoms with van der Waals surface area (Å²) in [6.45, 7) is 5.96. The summed E-state index contributed by atoms with van der Waals surface area (Å²) in [4.78, 5) is 28.4. The highest BCUT2D eigenvalue weighted by molar-refractivity contribution is 5.89. The van der Waals surface area contributed by atoms with Crippen LogP contribution in [0, 0.1) is 6.92 Å². The van der Waals surface area contributed by atoms with Crippen molar-refractivity contribution in [3.63, 3.8) is 0 Å². The van der Waals surface area contributed by atoms with Gasteiger partial charge in [0.25, 0.3) is 0 Å². The van der Waals surface area contributed by atoms with Gasteiger partial charge < -0.3 is 15.1 Å². The minimum atomic E-state index is -0.331. The maximum atomic E-state index is 12.5. The lowest BCUT2D eigenvalue weighted by Crippen LogP contribution is -2.52. The van der Waals surface area contributed by atoms with Crippen LogP contribution in [-0.2, 0) is 4.79 Å². The Labute approximate surface area is 147 Å². The topological polar surface area (TPSA) is 70.5 Å². The molecular weight excluding hydrogens is 318 g/mol. The van der Waals surface area contributed by atoms with E-state index in [0.717, 1.165) is 11.3 Å². The molecule has 1 aromatic heterocycles. The zero-order valence-corrected chi connectivity index (χ0v) is 14.6. The van der Waals surface area contributed by atoms with Crippen LogP contribution < -0.4 is 5.32 Å². The van der Waals surface area contributed by atoms with Crippen molar-refractivity contribution in [2.24, 2.45) is 0 Å². The van der Waals surface area contributed by atoms with Gasteiger partial charge in [0.1, 0.15) is 6.04 Å². The van der Waals surface area contributed by atoms with Gasteiger partial charge in [-0.05, 0) is 32.0 Å². The predicted molar refractivity (Wildman–Crippen MR) is 95.3 cm³/mol. The Morgan fingerprint density at radius 2 is 1.72 bits per heavy atom. The number of hydrogen-bond acceptors (Lipinski definition) is 3. The van der Waals surface area contributed by atoms with E-state index in [4.69, 9.17) is 0 Å². The monoisotopic (exact) mass is 341 g/mol. The summed E-state index contributed by atoms with van der Waals surface area (Å²) >= 11 is 0. The van der Waals surface area contributed by atoms with Crippen LogP contribution in [0.2, 0.25) is 0 Å². The van der Waals surface area contributed by atoms with E-state index >= 15 is 0 Å². The zero-order valence-electron chi connectivity index (χ0n) is 14.6. The predicted octanol–water partition coefficient (Wildman–Crippen LogP) is 2.13. The summed E-state index contributed by atoms with van der Waals surface area (Å²) < 4.78 is 1.65. The fourth-order valence-corrected chi connectivity index (χ4v) is 2.86. The van der Waals surface area contributed by atoms with Crippen LogP contribution in [0.15, 0.2) is 42.7 Å². The zero-order chi connectivity index (χ0) is 17.8. The largest absolute Gasteiger partial charge is 0.337 e. The average Bonchev–Trinajstić information content (AvgIpc) is 3.17. The van der Waals surface area contributed by atoms with Gasteiger partial charge in [-0.25, -0.2) is 4.79 Å². The normalized spacial score (nSPS) is 15.8. The first-order valence-corrected chi connectivity index (χ1v) is 8.45. The van der Waals surface area contributed by atoms with Crippen molar-refractivity contribution in [2.45, 2.75) is 19.9 Å². The van der Waals surface area contributed by atoms with Crippen molar-refractivity contribution >= 4 is 17.6 Å². The van der Waals surface area contributed by atoms with Crippen LogP contribution in [0.5, 0.6) is 0 Å². The number of carbonyl (C=O) groups is 2. The average molecular weight is 341 g/mol. The highest BCUT2D eigenvalue weighted by Crippen LogP contribution is 2.13. The third kappa shape index (κ3) is 3.99. The molecule has 1 fully saturated rings. The minimum Gasteiger partial charge on any atom is -0.337 e. The van der Waals surface area contributed by atoms with E-state index in [1.165, 1.54) is 0 Å². The van der Waals surface area contributed by atoms with E-state index in [1.54, 1.807) is 32.9 Å². The summed E-state index contributed by atoms with van der Waals surface area (Å²) in [6, 6.07) is 9.04. The molecule has 7 heteroatoms. The van der Waals surface area contributed by atoms with Gasteiger partial charge in [-0.1, -0.05) is 17.7 Å². The summed E-state index contributed by atoms with van der Waals surface area (Å²) in [7, 11) is 0. The van der Waals surface area contributed by atoms with Crippen LogP contribution >= 0.6 is 0 Å². The molecule has 25 heavy (non-hydrogen) atoms. The summed E-state index contributed by atoms with van der Waals surface area (Å²) in [5.74, 6) is 0.0299. The lowest BCUT2D eigenvalue weighted by atomic mass is 10.2. The van der Waals surface area contributed by atoms with Crippen LogP contribution in [0.1, 0.15) is 18.5 Å². The smallest absolute Gasteiger partial charge is 0.321 e. The molecule has 1 aliphatic rings. The van der Waals surface area contributed by atoms with Crippen molar-refractivity contribution in [3.8, 4) is 0 Å². The number of piperazine rings is 1. The second-order valence-electron chi connectivity index (χ2n) is 6.27. The van der Waals surface area contributed by atoms with Crippen LogP contribution in [0.4, 0.5) is 10.5 Å². The standard InChI is InChI=1S/C18H23N5O2/c1-14-4-6-16(7-5-14)20-18(25)22-12-10-21(11-13-22)17(24)15(2)23-9-3-8-19-23/h3-9,15H,10-13H2,1-2H3,(H,20,25)/t15-/m1/s1. The van der Waals surface area contributed by atoms with Crippen molar-refractivity contribution in [3.05, 3.63) is 48.3 Å². The highest BCUT2D eigenvalue weighted by Gasteiger charge is 2.27. The lowest BCUT2D eigenvalue weighted by Gasteiger charge is -2.35. The molecule has 0 radical (unpaired) electrons. The van der Waals surface area contributed by atoms with E-state index in [2.05, 4.69) is 10.4 Å². The number of hydrogen-bond donors (Lipinski definition) is 1. The number of rotatable bonds is 3. The Balaban J connectivity index is 1.52. The molecule has 2 aromatic rings. The summed E-state index contributed by atoms with van der Waals surface area (Å²) in [5, 5.41) is 7.02. The van der Waals surface area contributed by atoms with Crippen molar-refractivity contribution < 1.29 is 9.59 Å². The maximum absolute atomic E-state index is 12.5. The van der Waals surface area contributed by atoms with Gasteiger partial charge in [0, 0.05) is 44.3 Å². The Morgan fingerprint density at radius 1 is 1.08 bits per heavy atom. The molecule has 1 saturated heterocycles. The fourth-order valence-electron chi connectivity index (χ4n) is 2.86. The first-order valence-electron chi connectivity index (χ1n) is 8.45. The number of aryl methyl sites for hydroxylation is 1. The van der Waals surface area contributed by atoms with Gasteiger partial charge in [-0.3, -0.25) is 9.48 Å². The highest BCUT2D eigenvalue weighted by atomic mass is 16.2. The summed E-state index contributed by atoms with van der Waals surface area (Å²) in [5.41, 5.74) is 1.93. The number of urea groups is 1.